The molecule has 0 fully saturated rings. The van der Waals surface area contributed by atoms with Gasteiger partial charge in [0.1, 0.15) is 0 Å². The van der Waals surface area contributed by atoms with E-state index in [-0.39, 0.29) is 6.42 Å². The highest BCUT2D eigenvalue weighted by Crippen LogP contribution is 2.30. The van der Waals surface area contributed by atoms with Crippen molar-refractivity contribution in [1.29, 1.82) is 5.26 Å². The van der Waals surface area contributed by atoms with Crippen LogP contribution in [-0.2, 0) is 5.54 Å². The summed E-state index contributed by atoms with van der Waals surface area (Å²) in [6, 6.07) is 7.70. The monoisotopic (exact) mass is 208 g/mol. The number of hydrogen-bond donors (Lipinski definition) is 1. The quantitative estimate of drug-likeness (QED) is 0.813. The Morgan fingerprint density at radius 3 is 2.71 bits per heavy atom. The van der Waals surface area contributed by atoms with Crippen LogP contribution in [0.5, 0.6) is 0 Å². The Morgan fingerprint density at radius 1 is 1.57 bits per heavy atom. The summed E-state index contributed by atoms with van der Waals surface area (Å²) in [5.41, 5.74) is 7.26. The first-order valence-electron chi connectivity index (χ1n) is 4.40. The summed E-state index contributed by atoms with van der Waals surface area (Å²) in [6.45, 7) is 3.77. The van der Waals surface area contributed by atoms with Gasteiger partial charge in [0.05, 0.1) is 18.0 Å². The molecule has 0 saturated carbocycles. The van der Waals surface area contributed by atoms with Gasteiger partial charge in [-0.1, -0.05) is 23.7 Å². The van der Waals surface area contributed by atoms with Gasteiger partial charge in [-0.05, 0) is 31.0 Å². The predicted octanol–water partition coefficient (Wildman–Crippen LogP) is 2.74. The molecular weight excluding hydrogens is 196 g/mol. The molecule has 14 heavy (non-hydrogen) atoms. The number of benzene rings is 1. The van der Waals surface area contributed by atoms with E-state index in [1.54, 1.807) is 6.07 Å². The second-order valence-corrected chi connectivity index (χ2v) is 4.09. The molecule has 2 nitrogen and oxygen atoms in total. The van der Waals surface area contributed by atoms with Crippen LogP contribution in [0.4, 0.5) is 0 Å². The van der Waals surface area contributed by atoms with Gasteiger partial charge in [-0.25, -0.2) is 0 Å². The summed E-state index contributed by atoms with van der Waals surface area (Å²) < 4.78 is 0. The molecule has 0 aliphatic carbocycles. The van der Waals surface area contributed by atoms with Crippen LogP contribution in [0.3, 0.4) is 0 Å². The van der Waals surface area contributed by atoms with Gasteiger partial charge in [-0.2, -0.15) is 5.26 Å². The minimum absolute atomic E-state index is 0.261. The summed E-state index contributed by atoms with van der Waals surface area (Å²) in [4.78, 5) is 0. The van der Waals surface area contributed by atoms with E-state index in [1.165, 1.54) is 0 Å². The van der Waals surface area contributed by atoms with E-state index >= 15 is 0 Å². The largest absolute Gasteiger partial charge is 0.321 e. The van der Waals surface area contributed by atoms with Gasteiger partial charge in [-0.15, -0.1) is 0 Å². The van der Waals surface area contributed by atoms with Crippen molar-refractivity contribution in [2.45, 2.75) is 25.8 Å². The molecule has 0 unspecified atom stereocenters. The highest BCUT2D eigenvalue weighted by molar-refractivity contribution is 6.31. The lowest BCUT2D eigenvalue weighted by Gasteiger charge is -2.25. The molecule has 0 radical (unpaired) electrons. The fourth-order valence-corrected chi connectivity index (χ4v) is 2.05. The first kappa shape index (κ1) is 11.0. The first-order chi connectivity index (χ1) is 6.49. The first-order valence-corrected chi connectivity index (χ1v) is 4.78. The molecule has 0 saturated heterocycles. The number of hydrogen-bond acceptors (Lipinski definition) is 2. The second-order valence-electron chi connectivity index (χ2n) is 3.68. The van der Waals surface area contributed by atoms with E-state index in [0.29, 0.717) is 5.02 Å². The Hall–Kier alpha value is -1.04. The summed E-state index contributed by atoms with van der Waals surface area (Å²) in [5.74, 6) is 0. The highest BCUT2D eigenvalue weighted by atomic mass is 35.5. The Morgan fingerprint density at radius 2 is 2.21 bits per heavy atom. The lowest BCUT2D eigenvalue weighted by molar-refractivity contribution is 0.505. The third-order valence-corrected chi connectivity index (χ3v) is 2.55. The van der Waals surface area contributed by atoms with Crippen molar-refractivity contribution in [3.63, 3.8) is 0 Å². The van der Waals surface area contributed by atoms with Crippen LogP contribution in [0, 0.1) is 18.3 Å². The van der Waals surface area contributed by atoms with Gasteiger partial charge in [0.15, 0.2) is 0 Å². The van der Waals surface area contributed by atoms with Crippen molar-refractivity contribution >= 4 is 11.6 Å². The van der Waals surface area contributed by atoms with E-state index in [4.69, 9.17) is 22.6 Å². The fourth-order valence-electron chi connectivity index (χ4n) is 1.61. The number of nitrogens with two attached hydrogens (primary N) is 1. The van der Waals surface area contributed by atoms with Crippen LogP contribution in [-0.4, -0.2) is 0 Å². The topological polar surface area (TPSA) is 49.8 Å². The molecule has 0 spiro atoms. The molecule has 74 valence electrons. The standard InChI is InChI=1S/C11H13ClN2/c1-8-4-3-5-9(12)10(8)11(2,14)6-7-13/h3-5H,6,14H2,1-2H3/t11-/m0/s1. The molecule has 0 aliphatic heterocycles. The molecule has 1 atom stereocenters. The van der Waals surface area contributed by atoms with E-state index in [1.807, 2.05) is 26.0 Å². The molecule has 0 aliphatic rings. The maximum absolute atomic E-state index is 8.67. The van der Waals surface area contributed by atoms with E-state index in [2.05, 4.69) is 6.07 Å². The molecular formula is C11H13ClN2. The van der Waals surface area contributed by atoms with Crippen LogP contribution in [0.2, 0.25) is 5.02 Å². The zero-order valence-electron chi connectivity index (χ0n) is 8.34. The van der Waals surface area contributed by atoms with Crippen molar-refractivity contribution in [1.82, 2.24) is 0 Å². The number of rotatable bonds is 2. The van der Waals surface area contributed by atoms with Crippen molar-refractivity contribution in [2.24, 2.45) is 5.73 Å². The molecule has 0 amide bonds. The van der Waals surface area contributed by atoms with Crippen molar-refractivity contribution in [3.8, 4) is 6.07 Å². The zero-order valence-corrected chi connectivity index (χ0v) is 9.10. The highest BCUT2D eigenvalue weighted by Gasteiger charge is 2.25. The van der Waals surface area contributed by atoms with Crippen LogP contribution < -0.4 is 5.73 Å². The van der Waals surface area contributed by atoms with Crippen LogP contribution in [0.1, 0.15) is 24.5 Å². The summed E-state index contributed by atoms with van der Waals surface area (Å²) in [7, 11) is 0. The van der Waals surface area contributed by atoms with Gasteiger partial charge in [0, 0.05) is 5.02 Å². The maximum atomic E-state index is 8.67. The third-order valence-electron chi connectivity index (χ3n) is 2.24. The summed E-state index contributed by atoms with van der Waals surface area (Å²) in [6.07, 6.45) is 0.261. The molecule has 2 N–H and O–H groups in total. The molecule has 3 heteroatoms. The molecule has 1 aromatic carbocycles. The van der Waals surface area contributed by atoms with E-state index in [0.717, 1.165) is 11.1 Å². The Bertz CT molecular complexity index is 357. The fraction of sp³-hybridized carbons (Fsp3) is 0.364. The third kappa shape index (κ3) is 2.06. The number of nitriles is 1. The Labute approximate surface area is 89.3 Å². The lowest BCUT2D eigenvalue weighted by Crippen LogP contribution is -2.33. The average Bonchev–Trinajstić information content (AvgIpc) is 2.02. The summed E-state index contributed by atoms with van der Waals surface area (Å²) >= 11 is 6.06. The number of aryl methyl sites for hydroxylation is 1. The molecule has 1 rings (SSSR count). The SMILES string of the molecule is Cc1cccc(Cl)c1[C@@](C)(N)CC#N. The van der Waals surface area contributed by atoms with Gasteiger partial charge in [0.25, 0.3) is 0 Å². The Kier molecular flexibility index (Phi) is 3.15. The van der Waals surface area contributed by atoms with E-state index < -0.39 is 5.54 Å². The molecule has 0 bridgehead atoms. The zero-order chi connectivity index (χ0) is 10.8. The van der Waals surface area contributed by atoms with Crippen molar-refractivity contribution in [3.05, 3.63) is 34.3 Å². The maximum Gasteiger partial charge on any atom is 0.0644 e. The Balaban J connectivity index is 3.25. The van der Waals surface area contributed by atoms with E-state index in [9.17, 15) is 0 Å². The minimum atomic E-state index is -0.669. The van der Waals surface area contributed by atoms with Crippen LogP contribution in [0.15, 0.2) is 18.2 Å². The van der Waals surface area contributed by atoms with Gasteiger partial charge < -0.3 is 5.73 Å². The minimum Gasteiger partial charge on any atom is -0.321 e. The lowest BCUT2D eigenvalue weighted by atomic mass is 9.87. The number of halogens is 1. The normalized spacial score (nSPS) is 14.5. The van der Waals surface area contributed by atoms with Gasteiger partial charge in [0.2, 0.25) is 0 Å². The van der Waals surface area contributed by atoms with Crippen molar-refractivity contribution in [2.75, 3.05) is 0 Å². The average molecular weight is 209 g/mol. The van der Waals surface area contributed by atoms with Gasteiger partial charge in [-0.3, -0.25) is 0 Å². The molecule has 0 aromatic heterocycles. The number of nitrogens with zero attached hydrogens (tertiary/aromatic N) is 1. The second kappa shape index (κ2) is 4.00. The van der Waals surface area contributed by atoms with Crippen molar-refractivity contribution < 1.29 is 0 Å². The van der Waals surface area contributed by atoms with Crippen LogP contribution >= 0.6 is 11.6 Å². The van der Waals surface area contributed by atoms with Crippen LogP contribution in [0.25, 0.3) is 0 Å². The molecule has 1 aromatic rings. The van der Waals surface area contributed by atoms with Gasteiger partial charge >= 0.3 is 0 Å². The summed E-state index contributed by atoms with van der Waals surface area (Å²) in [5, 5.41) is 9.30. The predicted molar refractivity (Wildman–Crippen MR) is 58.0 cm³/mol. The smallest absolute Gasteiger partial charge is 0.0644 e. The molecule has 0 heterocycles.